The number of nitrogens with zero attached hydrogens (tertiary/aromatic N) is 5. The number of hydrogen-bond acceptors (Lipinski definition) is 5. The Bertz CT molecular complexity index is 636. The summed E-state index contributed by atoms with van der Waals surface area (Å²) in [6, 6.07) is 8.28. The van der Waals surface area contributed by atoms with Crippen LogP contribution in [0.3, 0.4) is 0 Å². The van der Waals surface area contributed by atoms with Crippen LogP contribution in [-0.2, 0) is 0 Å². The van der Waals surface area contributed by atoms with Gasteiger partial charge in [-0.15, -0.1) is 0 Å². The number of aliphatic imine (C=N–C) groups is 1. The van der Waals surface area contributed by atoms with E-state index >= 15 is 0 Å². The van der Waals surface area contributed by atoms with E-state index in [0.717, 1.165) is 77.2 Å². The van der Waals surface area contributed by atoms with E-state index in [9.17, 15) is 0 Å². The van der Waals surface area contributed by atoms with Gasteiger partial charge in [0.1, 0.15) is 5.75 Å². The molecule has 0 aliphatic carbocycles. The lowest BCUT2D eigenvalue weighted by Gasteiger charge is -2.38. The van der Waals surface area contributed by atoms with E-state index in [2.05, 4.69) is 50.9 Å². The van der Waals surface area contributed by atoms with Crippen LogP contribution in [0.15, 0.2) is 29.3 Å². The molecule has 7 heteroatoms. The fraction of sp³-hybridized carbons (Fsp3) is 0.682. The Morgan fingerprint density at radius 2 is 1.66 bits per heavy atom. The van der Waals surface area contributed by atoms with Crippen LogP contribution in [0.1, 0.15) is 13.8 Å². The molecule has 0 aromatic heterocycles. The Kier molecular flexibility index (Phi) is 8.43. The highest BCUT2D eigenvalue weighted by Gasteiger charge is 2.22. The summed E-state index contributed by atoms with van der Waals surface area (Å²) in [6.45, 7) is 17.0. The third-order valence-electron chi connectivity index (χ3n) is 5.93. The van der Waals surface area contributed by atoms with Crippen LogP contribution in [0.2, 0.25) is 0 Å². The maximum atomic E-state index is 5.54. The van der Waals surface area contributed by atoms with Crippen LogP contribution < -0.4 is 15.0 Å². The van der Waals surface area contributed by atoms with E-state index in [1.807, 2.05) is 12.1 Å². The normalized spacial score (nSPS) is 19.5. The summed E-state index contributed by atoms with van der Waals surface area (Å²) in [5, 5.41) is 3.49. The molecule has 1 aromatic rings. The van der Waals surface area contributed by atoms with Crippen molar-refractivity contribution < 1.29 is 4.74 Å². The third-order valence-corrected chi connectivity index (χ3v) is 5.93. The van der Waals surface area contributed by atoms with E-state index in [-0.39, 0.29) is 0 Å². The van der Waals surface area contributed by atoms with Crippen LogP contribution >= 0.6 is 0 Å². The summed E-state index contributed by atoms with van der Waals surface area (Å²) in [5.74, 6) is 2.00. The molecule has 2 saturated heterocycles. The molecule has 2 fully saturated rings. The Morgan fingerprint density at radius 3 is 2.31 bits per heavy atom. The van der Waals surface area contributed by atoms with Crippen molar-refractivity contribution in [2.24, 2.45) is 4.99 Å². The van der Waals surface area contributed by atoms with Crippen molar-refractivity contribution in [3.8, 4) is 5.75 Å². The van der Waals surface area contributed by atoms with Gasteiger partial charge in [0.05, 0.1) is 19.3 Å². The molecular formula is C22H38N6O. The highest BCUT2D eigenvalue weighted by atomic mass is 16.5. The molecule has 2 aliphatic heterocycles. The molecule has 0 spiro atoms. The quantitative estimate of drug-likeness (QED) is 0.550. The number of methoxy groups -OCH3 is 1. The summed E-state index contributed by atoms with van der Waals surface area (Å²) < 4.78 is 5.54. The maximum absolute atomic E-state index is 5.54. The summed E-state index contributed by atoms with van der Waals surface area (Å²) in [5.41, 5.74) is 1.18. The molecule has 0 bridgehead atoms. The molecule has 2 heterocycles. The molecule has 1 N–H and O–H groups in total. The monoisotopic (exact) mass is 402 g/mol. The molecule has 162 valence electrons. The number of guanidine groups is 1. The zero-order valence-corrected chi connectivity index (χ0v) is 18.4. The summed E-state index contributed by atoms with van der Waals surface area (Å²) in [4.78, 5) is 14.8. The Balaban J connectivity index is 1.50. The van der Waals surface area contributed by atoms with Crippen molar-refractivity contribution in [1.29, 1.82) is 0 Å². The third kappa shape index (κ3) is 6.00. The van der Waals surface area contributed by atoms with Crippen LogP contribution in [-0.4, -0.2) is 106 Å². The van der Waals surface area contributed by atoms with Crippen molar-refractivity contribution in [3.05, 3.63) is 24.3 Å². The van der Waals surface area contributed by atoms with Crippen molar-refractivity contribution in [2.45, 2.75) is 13.8 Å². The number of rotatable bonds is 7. The molecule has 7 nitrogen and oxygen atoms in total. The minimum Gasteiger partial charge on any atom is -0.495 e. The van der Waals surface area contributed by atoms with Gasteiger partial charge in [0.2, 0.25) is 0 Å². The molecule has 29 heavy (non-hydrogen) atoms. The smallest absolute Gasteiger partial charge is 0.194 e. The molecule has 3 rings (SSSR count). The van der Waals surface area contributed by atoms with E-state index < -0.39 is 0 Å². The summed E-state index contributed by atoms with van der Waals surface area (Å²) >= 11 is 0. The van der Waals surface area contributed by atoms with Crippen LogP contribution in [0.4, 0.5) is 5.69 Å². The van der Waals surface area contributed by atoms with Crippen LogP contribution in [0.25, 0.3) is 0 Å². The minimum atomic E-state index is 0.862. The van der Waals surface area contributed by atoms with E-state index in [1.165, 1.54) is 18.8 Å². The maximum Gasteiger partial charge on any atom is 0.194 e. The highest BCUT2D eigenvalue weighted by molar-refractivity contribution is 5.80. The van der Waals surface area contributed by atoms with Gasteiger partial charge in [-0.05, 0) is 25.6 Å². The largest absolute Gasteiger partial charge is 0.495 e. The van der Waals surface area contributed by atoms with Crippen molar-refractivity contribution in [2.75, 3.05) is 90.5 Å². The fourth-order valence-electron chi connectivity index (χ4n) is 4.10. The standard InChI is InChI=1S/C22H38N6O/c1-4-23-22(24-10-11-26-14-12-25(5-2)13-15-26)28-18-16-27(17-19-28)20-8-6-7-9-21(20)29-3/h6-9H,4-5,10-19H2,1-3H3,(H,23,24). The fourth-order valence-corrected chi connectivity index (χ4v) is 4.10. The van der Waals surface area contributed by atoms with Gasteiger partial charge in [0.15, 0.2) is 5.96 Å². The average molecular weight is 403 g/mol. The predicted octanol–water partition coefficient (Wildman–Crippen LogP) is 1.42. The van der Waals surface area contributed by atoms with Gasteiger partial charge in [-0.1, -0.05) is 19.1 Å². The van der Waals surface area contributed by atoms with Crippen molar-refractivity contribution >= 4 is 11.6 Å². The first kappa shape index (κ1) is 21.7. The Morgan fingerprint density at radius 1 is 0.966 bits per heavy atom. The number of ether oxygens (including phenoxy) is 1. The predicted molar refractivity (Wildman–Crippen MR) is 121 cm³/mol. The van der Waals surface area contributed by atoms with Gasteiger partial charge in [0.25, 0.3) is 0 Å². The van der Waals surface area contributed by atoms with Crippen LogP contribution in [0, 0.1) is 0 Å². The number of piperazine rings is 2. The van der Waals surface area contributed by atoms with Gasteiger partial charge < -0.3 is 24.8 Å². The number of hydrogen-bond donors (Lipinski definition) is 1. The SMILES string of the molecule is CCNC(=NCCN1CCN(CC)CC1)N1CCN(c2ccccc2OC)CC1. The molecule has 0 saturated carbocycles. The van der Waals surface area contributed by atoms with Gasteiger partial charge in [-0.25, -0.2) is 0 Å². The average Bonchev–Trinajstić information content (AvgIpc) is 2.79. The van der Waals surface area contributed by atoms with E-state index in [0.29, 0.717) is 0 Å². The second-order valence-corrected chi connectivity index (χ2v) is 7.66. The molecule has 1 aromatic carbocycles. The molecule has 0 unspecified atom stereocenters. The van der Waals surface area contributed by atoms with Crippen molar-refractivity contribution in [1.82, 2.24) is 20.0 Å². The van der Waals surface area contributed by atoms with Crippen LogP contribution in [0.5, 0.6) is 5.75 Å². The Labute approximate surface area is 176 Å². The second-order valence-electron chi connectivity index (χ2n) is 7.66. The number of likely N-dealkylation sites (N-methyl/N-ethyl adjacent to an activating group) is 1. The van der Waals surface area contributed by atoms with Crippen molar-refractivity contribution in [3.63, 3.8) is 0 Å². The van der Waals surface area contributed by atoms with Gasteiger partial charge in [-0.2, -0.15) is 0 Å². The number of anilines is 1. The lowest BCUT2D eigenvalue weighted by molar-refractivity contribution is 0.140. The zero-order chi connectivity index (χ0) is 20.5. The summed E-state index contributed by atoms with van der Waals surface area (Å²) in [7, 11) is 1.74. The van der Waals surface area contributed by atoms with Gasteiger partial charge in [0, 0.05) is 65.4 Å². The van der Waals surface area contributed by atoms with E-state index in [1.54, 1.807) is 7.11 Å². The first-order valence-electron chi connectivity index (χ1n) is 11.1. The molecule has 0 amide bonds. The van der Waals surface area contributed by atoms with Gasteiger partial charge in [-0.3, -0.25) is 9.89 Å². The number of benzene rings is 1. The van der Waals surface area contributed by atoms with E-state index in [4.69, 9.17) is 9.73 Å². The lowest BCUT2D eigenvalue weighted by Crippen LogP contribution is -2.53. The molecular weight excluding hydrogens is 364 g/mol. The first-order chi connectivity index (χ1) is 14.2. The van der Waals surface area contributed by atoms with Gasteiger partial charge >= 0.3 is 0 Å². The Hall–Kier alpha value is -1.99. The number of para-hydroxylation sites is 2. The zero-order valence-electron chi connectivity index (χ0n) is 18.4. The number of nitrogens with one attached hydrogen (secondary N) is 1. The summed E-state index contributed by atoms with van der Waals surface area (Å²) in [6.07, 6.45) is 0. The molecule has 0 radical (unpaired) electrons. The lowest BCUT2D eigenvalue weighted by atomic mass is 10.2. The highest BCUT2D eigenvalue weighted by Crippen LogP contribution is 2.28. The first-order valence-corrected chi connectivity index (χ1v) is 11.1. The topological polar surface area (TPSA) is 46.6 Å². The minimum absolute atomic E-state index is 0.862. The second kappa shape index (κ2) is 11.3. The molecule has 0 atom stereocenters. The molecule has 2 aliphatic rings.